The molecule has 2 aromatic rings. The molecule has 3 nitrogen and oxygen atoms in total. The summed E-state index contributed by atoms with van der Waals surface area (Å²) in [6, 6.07) is 10.3. The van der Waals surface area contributed by atoms with E-state index in [0.29, 0.717) is 0 Å². The summed E-state index contributed by atoms with van der Waals surface area (Å²) in [5, 5.41) is 4.02. The van der Waals surface area contributed by atoms with E-state index in [0.717, 1.165) is 12.2 Å². The van der Waals surface area contributed by atoms with Crippen LogP contribution in [-0.4, -0.2) is 14.8 Å². The van der Waals surface area contributed by atoms with Crippen LogP contribution in [0.3, 0.4) is 0 Å². The van der Waals surface area contributed by atoms with Crippen LogP contribution >= 0.6 is 0 Å². The summed E-state index contributed by atoms with van der Waals surface area (Å²) in [7, 11) is 1.91. The smallest absolute Gasteiger partial charge is 0.138 e. The molecule has 66 valence electrons. The minimum absolute atomic E-state index is 0.845. The Bertz CT molecular complexity index is 378. The van der Waals surface area contributed by atoms with Crippen LogP contribution in [-0.2, 0) is 13.5 Å². The molecule has 0 radical (unpaired) electrons. The molecule has 13 heavy (non-hydrogen) atoms. The van der Waals surface area contributed by atoms with Crippen molar-refractivity contribution in [2.45, 2.75) is 6.42 Å². The molecule has 0 amide bonds. The molecule has 0 saturated carbocycles. The molecule has 0 N–H and O–H groups in total. The highest BCUT2D eigenvalue weighted by atomic mass is 15.3. The second-order valence-corrected chi connectivity index (χ2v) is 2.96. The Kier molecular flexibility index (Phi) is 2.08. The van der Waals surface area contributed by atoms with Gasteiger partial charge in [0.15, 0.2) is 0 Å². The molecule has 0 aliphatic rings. The molecule has 1 heterocycles. The summed E-state index contributed by atoms with van der Waals surface area (Å²) in [6.07, 6.45) is 2.43. The lowest BCUT2D eigenvalue weighted by molar-refractivity contribution is 0.716. The van der Waals surface area contributed by atoms with Gasteiger partial charge < -0.3 is 0 Å². The lowest BCUT2D eigenvalue weighted by Crippen LogP contribution is -2.00. The van der Waals surface area contributed by atoms with Crippen molar-refractivity contribution in [3.63, 3.8) is 0 Å². The highest BCUT2D eigenvalue weighted by molar-refractivity contribution is 5.18. The van der Waals surface area contributed by atoms with Gasteiger partial charge in [0, 0.05) is 13.5 Å². The average Bonchev–Trinajstić information content (AvgIpc) is 2.54. The van der Waals surface area contributed by atoms with E-state index < -0.39 is 0 Å². The van der Waals surface area contributed by atoms with Gasteiger partial charge in [-0.3, -0.25) is 4.68 Å². The fraction of sp³-hybridized carbons (Fsp3) is 0.200. The van der Waals surface area contributed by atoms with Crippen LogP contribution in [0.25, 0.3) is 0 Å². The van der Waals surface area contributed by atoms with Crippen LogP contribution < -0.4 is 0 Å². The van der Waals surface area contributed by atoms with Crippen molar-refractivity contribution in [3.05, 3.63) is 48.0 Å². The first-order valence-electron chi connectivity index (χ1n) is 4.23. The van der Waals surface area contributed by atoms with E-state index in [1.54, 1.807) is 11.0 Å². The fourth-order valence-electron chi connectivity index (χ4n) is 1.26. The summed E-state index contributed by atoms with van der Waals surface area (Å²) in [5.41, 5.74) is 1.26. The second-order valence-electron chi connectivity index (χ2n) is 2.96. The van der Waals surface area contributed by atoms with E-state index in [1.807, 2.05) is 25.2 Å². The maximum Gasteiger partial charge on any atom is 0.138 e. The van der Waals surface area contributed by atoms with E-state index in [-0.39, 0.29) is 0 Å². The Labute approximate surface area is 77.0 Å². The number of benzene rings is 1. The fourth-order valence-corrected chi connectivity index (χ4v) is 1.26. The lowest BCUT2D eigenvalue weighted by Gasteiger charge is -1.99. The monoisotopic (exact) mass is 173 g/mol. The quantitative estimate of drug-likeness (QED) is 0.687. The van der Waals surface area contributed by atoms with Crippen LogP contribution in [0.2, 0.25) is 0 Å². The van der Waals surface area contributed by atoms with Crippen LogP contribution in [0.15, 0.2) is 36.7 Å². The number of hydrogen-bond acceptors (Lipinski definition) is 2. The molecule has 2 rings (SSSR count). The lowest BCUT2D eigenvalue weighted by atomic mass is 10.1. The third-order valence-corrected chi connectivity index (χ3v) is 2.01. The van der Waals surface area contributed by atoms with Crippen molar-refractivity contribution < 1.29 is 0 Å². The molecule has 1 aromatic heterocycles. The first kappa shape index (κ1) is 7.98. The zero-order valence-corrected chi connectivity index (χ0v) is 7.51. The first-order valence-corrected chi connectivity index (χ1v) is 4.23. The molecular formula is C10H11N3. The Morgan fingerprint density at radius 2 is 2.00 bits per heavy atom. The Morgan fingerprint density at radius 3 is 2.62 bits per heavy atom. The number of rotatable bonds is 2. The zero-order valence-electron chi connectivity index (χ0n) is 7.51. The second kappa shape index (κ2) is 3.39. The Morgan fingerprint density at radius 1 is 1.23 bits per heavy atom. The summed E-state index contributed by atoms with van der Waals surface area (Å²) in [6.45, 7) is 0. The summed E-state index contributed by atoms with van der Waals surface area (Å²) in [4.78, 5) is 4.16. The van der Waals surface area contributed by atoms with Crippen molar-refractivity contribution in [2.24, 2.45) is 7.05 Å². The molecule has 3 heteroatoms. The van der Waals surface area contributed by atoms with Gasteiger partial charge in [0.1, 0.15) is 12.2 Å². The number of nitrogens with zero attached hydrogens (tertiary/aromatic N) is 3. The van der Waals surface area contributed by atoms with Crippen molar-refractivity contribution in [1.29, 1.82) is 0 Å². The zero-order chi connectivity index (χ0) is 9.10. The van der Waals surface area contributed by atoms with Crippen molar-refractivity contribution >= 4 is 0 Å². The van der Waals surface area contributed by atoms with Crippen molar-refractivity contribution in [2.75, 3.05) is 0 Å². The summed E-state index contributed by atoms with van der Waals surface area (Å²) in [5.74, 6) is 0.992. The minimum atomic E-state index is 0.845. The minimum Gasteiger partial charge on any atom is -0.253 e. The van der Waals surface area contributed by atoms with Crippen LogP contribution in [0.4, 0.5) is 0 Å². The van der Waals surface area contributed by atoms with Gasteiger partial charge in [-0.25, -0.2) is 4.98 Å². The molecule has 0 aliphatic heterocycles. The van der Waals surface area contributed by atoms with E-state index in [2.05, 4.69) is 22.2 Å². The molecule has 0 unspecified atom stereocenters. The van der Waals surface area contributed by atoms with Gasteiger partial charge in [0.05, 0.1) is 0 Å². The molecule has 0 aliphatic carbocycles. The average molecular weight is 173 g/mol. The van der Waals surface area contributed by atoms with Gasteiger partial charge in [-0.05, 0) is 5.56 Å². The van der Waals surface area contributed by atoms with Gasteiger partial charge in [0.2, 0.25) is 0 Å². The summed E-state index contributed by atoms with van der Waals surface area (Å²) >= 11 is 0. The highest BCUT2D eigenvalue weighted by Crippen LogP contribution is 2.04. The number of aromatic nitrogens is 3. The molecule has 0 saturated heterocycles. The van der Waals surface area contributed by atoms with Crippen LogP contribution in [0, 0.1) is 0 Å². The van der Waals surface area contributed by atoms with E-state index in [9.17, 15) is 0 Å². The third kappa shape index (κ3) is 1.75. The van der Waals surface area contributed by atoms with Gasteiger partial charge in [0.25, 0.3) is 0 Å². The van der Waals surface area contributed by atoms with Crippen LogP contribution in [0.1, 0.15) is 11.4 Å². The topological polar surface area (TPSA) is 30.7 Å². The van der Waals surface area contributed by atoms with E-state index >= 15 is 0 Å². The van der Waals surface area contributed by atoms with Crippen molar-refractivity contribution in [3.8, 4) is 0 Å². The Balaban J connectivity index is 2.20. The maximum absolute atomic E-state index is 4.16. The predicted molar refractivity (Wildman–Crippen MR) is 50.3 cm³/mol. The van der Waals surface area contributed by atoms with Crippen molar-refractivity contribution in [1.82, 2.24) is 14.8 Å². The number of aryl methyl sites for hydroxylation is 1. The molecule has 0 bridgehead atoms. The Hall–Kier alpha value is -1.64. The molecule has 0 atom stereocenters. The molecular weight excluding hydrogens is 162 g/mol. The van der Waals surface area contributed by atoms with E-state index in [4.69, 9.17) is 0 Å². The van der Waals surface area contributed by atoms with E-state index in [1.165, 1.54) is 5.56 Å². The first-order chi connectivity index (χ1) is 6.36. The molecule has 1 aromatic carbocycles. The molecule has 0 spiro atoms. The van der Waals surface area contributed by atoms with Gasteiger partial charge >= 0.3 is 0 Å². The largest absolute Gasteiger partial charge is 0.253 e. The SMILES string of the molecule is Cn1ncnc1Cc1ccccc1. The maximum atomic E-state index is 4.16. The summed E-state index contributed by atoms with van der Waals surface area (Å²) < 4.78 is 1.80. The van der Waals surface area contributed by atoms with Gasteiger partial charge in [-0.15, -0.1) is 0 Å². The van der Waals surface area contributed by atoms with Crippen LogP contribution in [0.5, 0.6) is 0 Å². The third-order valence-electron chi connectivity index (χ3n) is 2.01. The standard InChI is InChI=1S/C10H11N3/c1-13-10(11-8-12-13)7-9-5-3-2-4-6-9/h2-6,8H,7H2,1H3. The number of hydrogen-bond donors (Lipinski definition) is 0. The normalized spacial score (nSPS) is 10.2. The van der Waals surface area contributed by atoms with Gasteiger partial charge in [-0.1, -0.05) is 30.3 Å². The highest BCUT2D eigenvalue weighted by Gasteiger charge is 2.00. The predicted octanol–water partition coefficient (Wildman–Crippen LogP) is 1.41. The molecule has 0 fully saturated rings. The van der Waals surface area contributed by atoms with Gasteiger partial charge in [-0.2, -0.15) is 5.10 Å².